The second-order valence-electron chi connectivity index (χ2n) is 6.04. The minimum atomic E-state index is 0.0531. The zero-order valence-electron chi connectivity index (χ0n) is 14.1. The summed E-state index contributed by atoms with van der Waals surface area (Å²) in [7, 11) is 0. The van der Waals surface area contributed by atoms with Crippen molar-refractivity contribution in [2.24, 2.45) is 5.73 Å². The maximum absolute atomic E-state index is 12.8. The summed E-state index contributed by atoms with van der Waals surface area (Å²) in [6.07, 6.45) is 1.96. The summed E-state index contributed by atoms with van der Waals surface area (Å²) < 4.78 is 5.46. The number of hydrogen-bond acceptors (Lipinski definition) is 5. The largest absolute Gasteiger partial charge is 0.494 e. The number of amides is 1. The van der Waals surface area contributed by atoms with Crippen LogP contribution in [0.15, 0.2) is 24.3 Å². The molecule has 5 nitrogen and oxygen atoms in total. The van der Waals surface area contributed by atoms with Gasteiger partial charge in [-0.1, -0.05) is 0 Å². The molecule has 24 heavy (non-hydrogen) atoms. The van der Waals surface area contributed by atoms with E-state index in [0.29, 0.717) is 18.0 Å². The Morgan fingerprint density at radius 2 is 2.17 bits per heavy atom. The van der Waals surface area contributed by atoms with Crippen LogP contribution in [0.1, 0.15) is 35.1 Å². The smallest absolute Gasteiger partial charge is 0.265 e. The fraction of sp³-hybridized carbons (Fsp3) is 0.444. The van der Waals surface area contributed by atoms with Crippen LogP contribution < -0.4 is 10.5 Å². The van der Waals surface area contributed by atoms with E-state index in [1.54, 1.807) is 0 Å². The van der Waals surface area contributed by atoms with Gasteiger partial charge in [-0.3, -0.25) is 4.79 Å². The first-order valence-electron chi connectivity index (χ1n) is 8.34. The number of likely N-dealkylation sites (tertiary alicyclic amines) is 1. The van der Waals surface area contributed by atoms with E-state index in [1.807, 2.05) is 43.0 Å². The summed E-state index contributed by atoms with van der Waals surface area (Å²) in [5.41, 5.74) is 7.78. The highest BCUT2D eigenvalue weighted by molar-refractivity contribution is 7.17. The predicted molar refractivity (Wildman–Crippen MR) is 96.6 cm³/mol. The van der Waals surface area contributed by atoms with Crippen LogP contribution in [0.3, 0.4) is 0 Å². The van der Waals surface area contributed by atoms with Crippen molar-refractivity contribution >= 4 is 17.2 Å². The van der Waals surface area contributed by atoms with Gasteiger partial charge >= 0.3 is 0 Å². The van der Waals surface area contributed by atoms with Gasteiger partial charge in [0.1, 0.15) is 15.6 Å². The van der Waals surface area contributed by atoms with Crippen LogP contribution in [-0.4, -0.2) is 41.5 Å². The van der Waals surface area contributed by atoms with Crippen LogP contribution in [0.4, 0.5) is 0 Å². The SMILES string of the molecule is CCOc1ccc(-c2nc(C)c(C(=O)N3CCC[C@H](N)C3)s2)cc1. The van der Waals surface area contributed by atoms with Gasteiger partial charge in [0.2, 0.25) is 0 Å². The summed E-state index contributed by atoms with van der Waals surface area (Å²) in [5.74, 6) is 0.894. The molecule has 2 aromatic rings. The first-order chi connectivity index (χ1) is 11.6. The highest BCUT2D eigenvalue weighted by Crippen LogP contribution is 2.30. The topological polar surface area (TPSA) is 68.5 Å². The molecule has 0 aliphatic carbocycles. The minimum absolute atomic E-state index is 0.0531. The Bertz CT molecular complexity index is 712. The summed E-state index contributed by atoms with van der Waals surface area (Å²) in [5, 5.41) is 0.861. The van der Waals surface area contributed by atoms with Gasteiger partial charge < -0.3 is 15.4 Å². The summed E-state index contributed by atoms with van der Waals surface area (Å²) in [4.78, 5) is 19.9. The molecule has 128 valence electrons. The Morgan fingerprint density at radius 1 is 1.42 bits per heavy atom. The number of hydrogen-bond donors (Lipinski definition) is 1. The normalized spacial score (nSPS) is 17.8. The van der Waals surface area contributed by atoms with Crippen LogP contribution in [0.5, 0.6) is 5.75 Å². The maximum atomic E-state index is 12.8. The summed E-state index contributed by atoms with van der Waals surface area (Å²) in [6, 6.07) is 7.91. The molecule has 0 unspecified atom stereocenters. The van der Waals surface area contributed by atoms with E-state index >= 15 is 0 Å². The van der Waals surface area contributed by atoms with Gasteiger partial charge in [-0.15, -0.1) is 11.3 Å². The molecule has 1 saturated heterocycles. The maximum Gasteiger partial charge on any atom is 0.265 e. The van der Waals surface area contributed by atoms with E-state index < -0.39 is 0 Å². The molecule has 0 saturated carbocycles. The van der Waals surface area contributed by atoms with Crippen molar-refractivity contribution < 1.29 is 9.53 Å². The van der Waals surface area contributed by atoms with E-state index in [4.69, 9.17) is 10.5 Å². The van der Waals surface area contributed by atoms with E-state index in [-0.39, 0.29) is 11.9 Å². The standard InChI is InChI=1S/C18H23N3O2S/c1-3-23-15-8-6-13(7-9-15)17-20-12(2)16(24-17)18(22)21-10-4-5-14(19)11-21/h6-9,14H,3-5,10-11,19H2,1-2H3/t14-/m0/s1. The predicted octanol–water partition coefficient (Wildman–Crippen LogP) is 3.08. The molecule has 1 amide bonds. The fourth-order valence-electron chi connectivity index (χ4n) is 2.92. The average Bonchev–Trinajstić information content (AvgIpc) is 2.97. The molecular weight excluding hydrogens is 322 g/mol. The van der Waals surface area contributed by atoms with Crippen LogP contribution in [-0.2, 0) is 0 Å². The van der Waals surface area contributed by atoms with Gasteiger partial charge in [0.15, 0.2) is 0 Å². The third kappa shape index (κ3) is 3.60. The van der Waals surface area contributed by atoms with E-state index in [1.165, 1.54) is 11.3 Å². The first kappa shape index (κ1) is 16.9. The Labute approximate surface area is 146 Å². The molecule has 1 aliphatic rings. The molecule has 1 atom stereocenters. The number of aromatic nitrogens is 1. The van der Waals surface area contributed by atoms with Gasteiger partial charge in [-0.05, 0) is 51.0 Å². The lowest BCUT2D eigenvalue weighted by Crippen LogP contribution is -2.45. The number of rotatable bonds is 4. The Morgan fingerprint density at radius 3 is 2.83 bits per heavy atom. The van der Waals surface area contributed by atoms with Crippen molar-refractivity contribution in [3.63, 3.8) is 0 Å². The lowest BCUT2D eigenvalue weighted by Gasteiger charge is -2.30. The van der Waals surface area contributed by atoms with E-state index in [9.17, 15) is 4.79 Å². The molecule has 1 aliphatic heterocycles. The van der Waals surface area contributed by atoms with Crippen LogP contribution >= 0.6 is 11.3 Å². The van der Waals surface area contributed by atoms with Crippen LogP contribution in [0.25, 0.3) is 10.6 Å². The third-order valence-corrected chi connectivity index (χ3v) is 5.34. The molecule has 0 bridgehead atoms. The van der Waals surface area contributed by atoms with Crippen molar-refractivity contribution in [3.05, 3.63) is 34.8 Å². The van der Waals surface area contributed by atoms with Gasteiger partial charge in [0, 0.05) is 24.7 Å². The Balaban J connectivity index is 1.80. The van der Waals surface area contributed by atoms with Crippen LogP contribution in [0, 0.1) is 6.92 Å². The van der Waals surface area contributed by atoms with E-state index in [2.05, 4.69) is 4.98 Å². The molecule has 1 aromatic heterocycles. The fourth-order valence-corrected chi connectivity index (χ4v) is 3.96. The third-order valence-electron chi connectivity index (χ3n) is 4.15. The molecule has 0 spiro atoms. The first-order valence-corrected chi connectivity index (χ1v) is 9.15. The van der Waals surface area contributed by atoms with Gasteiger partial charge in [0.25, 0.3) is 5.91 Å². The zero-order valence-corrected chi connectivity index (χ0v) is 14.9. The number of thiazole rings is 1. The number of aryl methyl sites for hydroxylation is 1. The van der Waals surface area contributed by atoms with Gasteiger partial charge in [-0.2, -0.15) is 0 Å². The molecule has 3 rings (SSSR count). The second kappa shape index (κ2) is 7.32. The van der Waals surface area contributed by atoms with Crippen molar-refractivity contribution in [2.45, 2.75) is 32.7 Å². The molecule has 1 fully saturated rings. The zero-order chi connectivity index (χ0) is 17.1. The van der Waals surface area contributed by atoms with Crippen molar-refractivity contribution in [2.75, 3.05) is 19.7 Å². The number of carbonyl (C=O) groups is 1. The number of benzene rings is 1. The number of ether oxygens (including phenoxy) is 1. The van der Waals surface area contributed by atoms with E-state index in [0.717, 1.165) is 41.4 Å². The second-order valence-corrected chi connectivity index (χ2v) is 7.04. The summed E-state index contributed by atoms with van der Waals surface area (Å²) >= 11 is 1.45. The minimum Gasteiger partial charge on any atom is -0.494 e. The summed E-state index contributed by atoms with van der Waals surface area (Å²) in [6.45, 7) is 5.91. The van der Waals surface area contributed by atoms with Crippen LogP contribution in [0.2, 0.25) is 0 Å². The number of nitrogens with two attached hydrogens (primary N) is 1. The molecular formula is C18H23N3O2S. The molecule has 2 heterocycles. The van der Waals surface area contributed by atoms with Crippen molar-refractivity contribution in [1.82, 2.24) is 9.88 Å². The van der Waals surface area contributed by atoms with Crippen molar-refractivity contribution in [1.29, 1.82) is 0 Å². The van der Waals surface area contributed by atoms with Crippen molar-refractivity contribution in [3.8, 4) is 16.3 Å². The Hall–Kier alpha value is -1.92. The lowest BCUT2D eigenvalue weighted by molar-refractivity contribution is 0.0713. The van der Waals surface area contributed by atoms with Gasteiger partial charge in [0.05, 0.1) is 12.3 Å². The molecule has 6 heteroatoms. The number of nitrogens with zero attached hydrogens (tertiary/aromatic N) is 2. The molecule has 0 radical (unpaired) electrons. The Kier molecular flexibility index (Phi) is 5.16. The molecule has 2 N–H and O–H groups in total. The van der Waals surface area contributed by atoms with Gasteiger partial charge in [-0.25, -0.2) is 4.98 Å². The number of carbonyl (C=O) groups excluding carboxylic acids is 1. The number of piperidine rings is 1. The monoisotopic (exact) mass is 345 g/mol. The lowest BCUT2D eigenvalue weighted by atomic mass is 10.1. The molecule has 1 aromatic carbocycles. The average molecular weight is 345 g/mol. The quantitative estimate of drug-likeness (QED) is 0.924. The highest BCUT2D eigenvalue weighted by atomic mass is 32.1. The highest BCUT2D eigenvalue weighted by Gasteiger charge is 2.25.